The van der Waals surface area contributed by atoms with E-state index < -0.39 is 23.7 Å². The summed E-state index contributed by atoms with van der Waals surface area (Å²) < 4.78 is 4.72. The van der Waals surface area contributed by atoms with Gasteiger partial charge in [0, 0.05) is 12.5 Å². The van der Waals surface area contributed by atoms with E-state index in [2.05, 4.69) is 17.2 Å². The van der Waals surface area contributed by atoms with Crippen LogP contribution in [-0.4, -0.2) is 48.3 Å². The van der Waals surface area contributed by atoms with E-state index in [0.29, 0.717) is 19.4 Å². The van der Waals surface area contributed by atoms with E-state index in [4.69, 9.17) is 4.74 Å². The molecule has 2 fully saturated rings. The minimum Gasteiger partial charge on any atom is -0.467 e. The van der Waals surface area contributed by atoms with Gasteiger partial charge in [-0.2, -0.15) is 0 Å². The molecule has 4 atom stereocenters. The van der Waals surface area contributed by atoms with Crippen molar-refractivity contribution < 1.29 is 19.4 Å². The lowest BCUT2D eigenvalue weighted by Crippen LogP contribution is -2.51. The molecule has 2 rings (SSSR count). The first-order valence-electron chi connectivity index (χ1n) is 5.98. The maximum absolute atomic E-state index is 12.0. The number of aliphatic hydroxyl groups is 1. The lowest BCUT2D eigenvalue weighted by atomic mass is 10.1. The van der Waals surface area contributed by atoms with Crippen LogP contribution in [-0.2, 0) is 14.3 Å². The average molecular weight is 254 g/mol. The summed E-state index contributed by atoms with van der Waals surface area (Å²) in [4.78, 5) is 23.7. The summed E-state index contributed by atoms with van der Waals surface area (Å²) in [7, 11) is 1.30. The van der Waals surface area contributed by atoms with E-state index in [-0.39, 0.29) is 11.8 Å². The first kappa shape index (κ1) is 13.0. The van der Waals surface area contributed by atoms with Crippen LogP contribution in [0.5, 0.6) is 0 Å². The molecule has 1 aliphatic heterocycles. The zero-order chi connectivity index (χ0) is 13.3. The fraction of sp³-hybridized carbons (Fsp3) is 0.667. The number of hydrogen-bond acceptors (Lipinski definition) is 5. The molecule has 1 aliphatic carbocycles. The molecule has 18 heavy (non-hydrogen) atoms. The average Bonchev–Trinajstić information content (AvgIpc) is 2.90. The number of ether oxygens (including phenoxy) is 1. The van der Waals surface area contributed by atoms with Crippen molar-refractivity contribution in [2.24, 2.45) is 5.92 Å². The number of amides is 1. The molecule has 3 N–H and O–H groups in total. The lowest BCUT2D eigenvalue weighted by molar-refractivity contribution is -0.147. The van der Waals surface area contributed by atoms with Crippen molar-refractivity contribution >= 4 is 11.9 Å². The Morgan fingerprint density at radius 3 is 2.78 bits per heavy atom. The molecule has 1 amide bonds. The Bertz CT molecular complexity index is 384. The molecule has 2 unspecified atom stereocenters. The highest BCUT2D eigenvalue weighted by atomic mass is 16.5. The monoisotopic (exact) mass is 254 g/mol. The Balaban J connectivity index is 2.00. The summed E-state index contributed by atoms with van der Waals surface area (Å²) in [6.07, 6.45) is 2.02. The number of hydrogen-bond donors (Lipinski definition) is 3. The molecule has 6 heteroatoms. The van der Waals surface area contributed by atoms with Crippen LogP contribution in [0, 0.1) is 5.92 Å². The van der Waals surface area contributed by atoms with Crippen molar-refractivity contribution in [3.63, 3.8) is 0 Å². The normalized spacial score (nSPS) is 38.0. The van der Waals surface area contributed by atoms with Crippen LogP contribution in [0.2, 0.25) is 0 Å². The first-order chi connectivity index (χ1) is 8.53. The Morgan fingerprint density at radius 1 is 1.61 bits per heavy atom. The van der Waals surface area contributed by atoms with Crippen LogP contribution in [0.4, 0.5) is 0 Å². The van der Waals surface area contributed by atoms with E-state index >= 15 is 0 Å². The first-order valence-corrected chi connectivity index (χ1v) is 5.98. The second kappa shape index (κ2) is 4.70. The standard InChI is InChI=1S/C12H18N2O4/c1-3-7-5-12(7,11(17)18-2)14-10(16)9-4-8(15)6-13-9/h3,7-9,13,15H,1,4-6H2,2H3,(H,14,16)/t7?,8-,9+,12?/m1/s1. The summed E-state index contributed by atoms with van der Waals surface area (Å²) >= 11 is 0. The molecule has 2 aliphatic rings. The molecule has 0 radical (unpaired) electrons. The topological polar surface area (TPSA) is 87.7 Å². The molecule has 0 aromatic carbocycles. The Hall–Kier alpha value is -1.40. The van der Waals surface area contributed by atoms with Gasteiger partial charge in [0.05, 0.1) is 19.3 Å². The number of rotatable bonds is 4. The number of β-amino-alcohol motifs (C(OH)–C–C–N with tert-alkyl or cyclic N) is 1. The van der Waals surface area contributed by atoms with Crippen LogP contribution >= 0.6 is 0 Å². The van der Waals surface area contributed by atoms with Crippen LogP contribution in [0.1, 0.15) is 12.8 Å². The zero-order valence-corrected chi connectivity index (χ0v) is 10.3. The second-order valence-electron chi connectivity index (χ2n) is 4.85. The van der Waals surface area contributed by atoms with Crippen LogP contribution < -0.4 is 10.6 Å². The summed E-state index contributed by atoms with van der Waals surface area (Å²) in [6, 6.07) is -0.451. The van der Waals surface area contributed by atoms with Crippen LogP contribution in [0.25, 0.3) is 0 Å². The van der Waals surface area contributed by atoms with Crippen molar-refractivity contribution in [2.75, 3.05) is 13.7 Å². The summed E-state index contributed by atoms with van der Waals surface area (Å²) in [5.74, 6) is -0.805. The minimum atomic E-state index is -0.956. The van der Waals surface area contributed by atoms with Crippen molar-refractivity contribution in [1.82, 2.24) is 10.6 Å². The van der Waals surface area contributed by atoms with Gasteiger partial charge in [0.15, 0.2) is 0 Å². The van der Waals surface area contributed by atoms with E-state index in [1.807, 2.05) is 0 Å². The molecule has 100 valence electrons. The van der Waals surface area contributed by atoms with Gasteiger partial charge < -0.3 is 20.5 Å². The summed E-state index contributed by atoms with van der Waals surface area (Å²) in [5.41, 5.74) is -0.956. The van der Waals surface area contributed by atoms with E-state index in [9.17, 15) is 14.7 Å². The number of carbonyl (C=O) groups is 2. The van der Waals surface area contributed by atoms with Gasteiger partial charge in [0.25, 0.3) is 0 Å². The van der Waals surface area contributed by atoms with Gasteiger partial charge >= 0.3 is 5.97 Å². The highest BCUT2D eigenvalue weighted by Gasteiger charge is 2.61. The van der Waals surface area contributed by atoms with Crippen molar-refractivity contribution in [3.05, 3.63) is 12.7 Å². The maximum atomic E-state index is 12.0. The Morgan fingerprint density at radius 2 is 2.33 bits per heavy atom. The fourth-order valence-corrected chi connectivity index (χ4v) is 2.41. The molecule has 6 nitrogen and oxygen atoms in total. The van der Waals surface area contributed by atoms with Crippen molar-refractivity contribution in [3.8, 4) is 0 Å². The number of esters is 1. The summed E-state index contributed by atoms with van der Waals surface area (Å²) in [5, 5.41) is 15.0. The van der Waals surface area contributed by atoms with Gasteiger partial charge in [0.1, 0.15) is 5.54 Å². The molecule has 0 spiro atoms. The smallest absolute Gasteiger partial charge is 0.332 e. The highest BCUT2D eigenvalue weighted by molar-refractivity contribution is 5.93. The number of carbonyl (C=O) groups excluding carboxylic acids is 2. The fourth-order valence-electron chi connectivity index (χ4n) is 2.41. The Kier molecular flexibility index (Phi) is 3.41. The maximum Gasteiger partial charge on any atom is 0.332 e. The zero-order valence-electron chi connectivity index (χ0n) is 10.3. The molecule has 1 saturated heterocycles. The quantitative estimate of drug-likeness (QED) is 0.440. The molecule has 0 aromatic rings. The van der Waals surface area contributed by atoms with Gasteiger partial charge in [0.2, 0.25) is 5.91 Å². The Labute approximate surface area is 105 Å². The molecular formula is C12H18N2O4. The van der Waals surface area contributed by atoms with Gasteiger partial charge in [-0.1, -0.05) is 6.08 Å². The van der Waals surface area contributed by atoms with E-state index in [1.54, 1.807) is 6.08 Å². The largest absolute Gasteiger partial charge is 0.467 e. The molecule has 1 saturated carbocycles. The van der Waals surface area contributed by atoms with Gasteiger partial charge in [-0.3, -0.25) is 4.79 Å². The number of aliphatic hydroxyl groups excluding tert-OH is 1. The third-order valence-corrected chi connectivity index (χ3v) is 3.62. The second-order valence-corrected chi connectivity index (χ2v) is 4.85. The van der Waals surface area contributed by atoms with Crippen molar-refractivity contribution in [2.45, 2.75) is 30.5 Å². The van der Waals surface area contributed by atoms with Gasteiger partial charge in [-0.25, -0.2) is 4.79 Å². The predicted molar refractivity (Wildman–Crippen MR) is 63.6 cm³/mol. The van der Waals surface area contributed by atoms with Gasteiger partial charge in [-0.05, 0) is 12.8 Å². The molecular weight excluding hydrogens is 236 g/mol. The lowest BCUT2D eigenvalue weighted by Gasteiger charge is -2.19. The number of nitrogens with one attached hydrogen (secondary N) is 2. The highest BCUT2D eigenvalue weighted by Crippen LogP contribution is 2.45. The van der Waals surface area contributed by atoms with E-state index in [0.717, 1.165) is 0 Å². The van der Waals surface area contributed by atoms with E-state index in [1.165, 1.54) is 7.11 Å². The van der Waals surface area contributed by atoms with Crippen molar-refractivity contribution in [1.29, 1.82) is 0 Å². The molecule has 0 aromatic heterocycles. The predicted octanol–water partition coefficient (Wildman–Crippen LogP) is -1.06. The minimum absolute atomic E-state index is 0.0831. The van der Waals surface area contributed by atoms with Crippen LogP contribution in [0.3, 0.4) is 0 Å². The van der Waals surface area contributed by atoms with Crippen LogP contribution in [0.15, 0.2) is 12.7 Å². The summed E-state index contributed by atoms with van der Waals surface area (Å²) in [6.45, 7) is 4.03. The number of methoxy groups -OCH3 is 1. The molecule has 0 bridgehead atoms. The third kappa shape index (κ3) is 2.13. The third-order valence-electron chi connectivity index (χ3n) is 3.62. The van der Waals surface area contributed by atoms with Gasteiger partial charge in [-0.15, -0.1) is 6.58 Å². The SMILES string of the molecule is C=CC1CC1(NC(=O)[C@@H]1C[C@@H](O)CN1)C(=O)OC. The molecule has 1 heterocycles.